The molecule has 1 N–H and O–H groups in total. The van der Waals surface area contributed by atoms with Crippen molar-refractivity contribution in [3.8, 4) is 5.75 Å². The van der Waals surface area contributed by atoms with Gasteiger partial charge in [0.15, 0.2) is 0 Å². The number of hydrogen-bond donors (Lipinski definition) is 1. The van der Waals surface area contributed by atoms with Gasteiger partial charge >= 0.3 is 12.1 Å². The SMILES string of the molecule is O=C(O)c1cccc2c1OCC=C2c1ccc(C(F)(F)F)cc1. The number of carboxylic acid groups (broad SMARTS) is 1. The highest BCUT2D eigenvalue weighted by atomic mass is 19.4. The van der Waals surface area contributed by atoms with Crippen molar-refractivity contribution in [2.75, 3.05) is 6.61 Å². The molecule has 0 unspecified atom stereocenters. The average Bonchev–Trinajstić information content (AvgIpc) is 2.53. The minimum Gasteiger partial charge on any atom is -0.488 e. The lowest BCUT2D eigenvalue weighted by Crippen LogP contribution is -2.11. The molecule has 0 bridgehead atoms. The molecule has 2 aromatic rings. The maximum atomic E-state index is 12.6. The van der Waals surface area contributed by atoms with E-state index in [4.69, 9.17) is 4.74 Å². The first-order chi connectivity index (χ1) is 10.9. The molecular weight excluding hydrogens is 309 g/mol. The summed E-state index contributed by atoms with van der Waals surface area (Å²) in [5.74, 6) is -0.882. The summed E-state index contributed by atoms with van der Waals surface area (Å²) in [5, 5.41) is 9.20. The first-order valence-electron chi connectivity index (χ1n) is 6.75. The molecule has 0 atom stereocenters. The first kappa shape index (κ1) is 15.1. The van der Waals surface area contributed by atoms with E-state index >= 15 is 0 Å². The molecule has 0 spiro atoms. The van der Waals surface area contributed by atoms with E-state index in [1.807, 2.05) is 0 Å². The highest BCUT2D eigenvalue weighted by Gasteiger charge is 2.30. The van der Waals surface area contributed by atoms with Crippen LogP contribution in [-0.4, -0.2) is 17.7 Å². The average molecular weight is 320 g/mol. The van der Waals surface area contributed by atoms with Crippen LogP contribution in [0.1, 0.15) is 27.0 Å². The van der Waals surface area contributed by atoms with Crippen molar-refractivity contribution in [3.05, 3.63) is 70.8 Å². The Morgan fingerprint density at radius 1 is 1.09 bits per heavy atom. The highest BCUT2D eigenvalue weighted by Crippen LogP contribution is 2.37. The molecule has 0 saturated carbocycles. The monoisotopic (exact) mass is 320 g/mol. The van der Waals surface area contributed by atoms with E-state index < -0.39 is 17.7 Å². The van der Waals surface area contributed by atoms with Gasteiger partial charge in [0, 0.05) is 5.56 Å². The van der Waals surface area contributed by atoms with Crippen LogP contribution in [0.2, 0.25) is 0 Å². The Kier molecular flexibility index (Phi) is 3.60. The molecule has 23 heavy (non-hydrogen) atoms. The van der Waals surface area contributed by atoms with Crippen molar-refractivity contribution in [1.82, 2.24) is 0 Å². The fourth-order valence-corrected chi connectivity index (χ4v) is 2.50. The second-order valence-electron chi connectivity index (χ2n) is 4.99. The summed E-state index contributed by atoms with van der Waals surface area (Å²) < 4.78 is 43.3. The van der Waals surface area contributed by atoms with Gasteiger partial charge in [-0.25, -0.2) is 4.79 Å². The summed E-state index contributed by atoms with van der Waals surface area (Å²) in [6, 6.07) is 9.45. The van der Waals surface area contributed by atoms with Crippen LogP contribution in [-0.2, 0) is 6.18 Å². The van der Waals surface area contributed by atoms with Gasteiger partial charge in [-0.3, -0.25) is 0 Å². The van der Waals surface area contributed by atoms with Gasteiger partial charge in [-0.1, -0.05) is 24.3 Å². The van der Waals surface area contributed by atoms with E-state index in [2.05, 4.69) is 0 Å². The third-order valence-corrected chi connectivity index (χ3v) is 3.57. The number of benzene rings is 2. The molecule has 0 radical (unpaired) electrons. The lowest BCUT2D eigenvalue weighted by atomic mass is 9.93. The zero-order valence-corrected chi connectivity index (χ0v) is 11.7. The van der Waals surface area contributed by atoms with Crippen molar-refractivity contribution in [2.24, 2.45) is 0 Å². The third kappa shape index (κ3) is 2.79. The maximum Gasteiger partial charge on any atom is 0.416 e. The van der Waals surface area contributed by atoms with Crippen LogP contribution >= 0.6 is 0 Å². The summed E-state index contributed by atoms with van der Waals surface area (Å²) in [6.45, 7) is 0.160. The number of carboxylic acids is 1. The Hall–Kier alpha value is -2.76. The molecule has 0 fully saturated rings. The largest absolute Gasteiger partial charge is 0.488 e. The molecule has 1 aliphatic heterocycles. The van der Waals surface area contributed by atoms with Crippen LogP contribution in [0.4, 0.5) is 13.2 Å². The highest BCUT2D eigenvalue weighted by molar-refractivity contribution is 5.95. The summed E-state index contributed by atoms with van der Waals surface area (Å²) in [5.41, 5.74) is 1.08. The number of aromatic carboxylic acids is 1. The lowest BCUT2D eigenvalue weighted by molar-refractivity contribution is -0.137. The molecular formula is C17H11F3O3. The van der Waals surface area contributed by atoms with Crippen molar-refractivity contribution in [3.63, 3.8) is 0 Å². The van der Waals surface area contributed by atoms with Crippen LogP contribution in [0.3, 0.4) is 0 Å². The molecule has 118 valence electrons. The van der Waals surface area contributed by atoms with E-state index in [9.17, 15) is 23.1 Å². The molecule has 0 saturated heterocycles. The quantitative estimate of drug-likeness (QED) is 0.901. The van der Waals surface area contributed by atoms with E-state index in [1.165, 1.54) is 18.2 Å². The lowest BCUT2D eigenvalue weighted by Gasteiger charge is -2.20. The maximum absolute atomic E-state index is 12.6. The molecule has 1 aliphatic rings. The molecule has 3 nitrogen and oxygen atoms in total. The Balaban J connectivity index is 2.05. The molecule has 3 rings (SSSR count). The van der Waals surface area contributed by atoms with Crippen LogP contribution < -0.4 is 4.74 Å². The first-order valence-corrected chi connectivity index (χ1v) is 6.75. The molecule has 1 heterocycles. The summed E-state index contributed by atoms with van der Waals surface area (Å²) in [4.78, 5) is 11.2. The van der Waals surface area contributed by atoms with Crippen LogP contribution in [0.5, 0.6) is 5.75 Å². The van der Waals surface area contributed by atoms with Crippen molar-refractivity contribution >= 4 is 11.5 Å². The fraction of sp³-hybridized carbons (Fsp3) is 0.118. The zero-order valence-electron chi connectivity index (χ0n) is 11.7. The molecule has 6 heteroatoms. The van der Waals surface area contributed by atoms with Crippen molar-refractivity contribution < 1.29 is 27.8 Å². The normalized spacial score (nSPS) is 13.8. The molecule has 0 aliphatic carbocycles. The number of hydrogen-bond acceptors (Lipinski definition) is 2. The van der Waals surface area contributed by atoms with Gasteiger partial charge in [0.25, 0.3) is 0 Å². The Morgan fingerprint density at radius 2 is 1.78 bits per heavy atom. The predicted octanol–water partition coefficient (Wildman–Crippen LogP) is 4.23. The standard InChI is InChI=1S/C17H11F3O3/c18-17(19,20)11-6-4-10(5-7-11)12-8-9-23-15-13(12)2-1-3-14(15)16(21)22/h1-8H,9H2,(H,21,22). The van der Waals surface area contributed by atoms with Gasteiger partial charge in [-0.2, -0.15) is 13.2 Å². The second-order valence-corrected chi connectivity index (χ2v) is 4.99. The Morgan fingerprint density at radius 3 is 2.39 bits per heavy atom. The topological polar surface area (TPSA) is 46.5 Å². The number of halogens is 3. The number of fused-ring (bicyclic) bond motifs is 1. The fourth-order valence-electron chi connectivity index (χ4n) is 2.50. The number of ether oxygens (including phenoxy) is 1. The summed E-state index contributed by atoms with van der Waals surface area (Å²) in [7, 11) is 0. The van der Waals surface area contributed by atoms with Gasteiger partial charge < -0.3 is 9.84 Å². The van der Waals surface area contributed by atoms with Crippen LogP contribution in [0.25, 0.3) is 5.57 Å². The minimum atomic E-state index is -4.39. The second kappa shape index (κ2) is 5.46. The zero-order chi connectivity index (χ0) is 16.6. The van der Waals surface area contributed by atoms with Crippen molar-refractivity contribution in [2.45, 2.75) is 6.18 Å². The number of carbonyl (C=O) groups is 1. The Labute approximate surface area is 129 Å². The van der Waals surface area contributed by atoms with E-state index in [1.54, 1.807) is 18.2 Å². The van der Waals surface area contributed by atoms with Gasteiger partial charge in [0.1, 0.15) is 17.9 Å². The van der Waals surface area contributed by atoms with Gasteiger partial charge in [0.05, 0.1) is 5.56 Å². The van der Waals surface area contributed by atoms with Crippen molar-refractivity contribution in [1.29, 1.82) is 0 Å². The van der Waals surface area contributed by atoms with Gasteiger partial charge in [0.2, 0.25) is 0 Å². The number of para-hydroxylation sites is 1. The van der Waals surface area contributed by atoms with Crippen LogP contribution in [0, 0.1) is 0 Å². The minimum absolute atomic E-state index is 0.0278. The summed E-state index contributed by atoms with van der Waals surface area (Å²) in [6.07, 6.45) is -2.67. The van der Waals surface area contributed by atoms with E-state index in [-0.39, 0.29) is 17.9 Å². The van der Waals surface area contributed by atoms with Gasteiger partial charge in [-0.05, 0) is 35.4 Å². The van der Waals surface area contributed by atoms with E-state index in [0.29, 0.717) is 16.7 Å². The summed E-state index contributed by atoms with van der Waals surface area (Å²) >= 11 is 0. The van der Waals surface area contributed by atoms with Gasteiger partial charge in [-0.15, -0.1) is 0 Å². The third-order valence-electron chi connectivity index (χ3n) is 3.57. The Bertz CT molecular complexity index is 790. The molecule has 2 aromatic carbocycles. The smallest absolute Gasteiger partial charge is 0.416 e. The van der Waals surface area contributed by atoms with E-state index in [0.717, 1.165) is 12.1 Å². The molecule has 0 amide bonds. The number of rotatable bonds is 2. The van der Waals surface area contributed by atoms with Crippen LogP contribution in [0.15, 0.2) is 48.5 Å². The number of alkyl halides is 3. The predicted molar refractivity (Wildman–Crippen MR) is 77.4 cm³/mol. The molecule has 0 aromatic heterocycles.